The summed E-state index contributed by atoms with van der Waals surface area (Å²) in [6, 6.07) is 12.2. The number of aromatic nitrogens is 3. The molecule has 0 spiro atoms. The minimum atomic E-state index is -0.0650. The number of aromatic hydroxyl groups is 2. The first-order valence-corrected chi connectivity index (χ1v) is 10.5. The number of piperidine rings is 1. The lowest BCUT2D eigenvalue weighted by Gasteiger charge is -2.48. The predicted molar refractivity (Wildman–Crippen MR) is 119 cm³/mol. The van der Waals surface area contributed by atoms with E-state index in [-0.39, 0.29) is 23.3 Å². The second kappa shape index (κ2) is 8.15. The fraction of sp³-hybridized carbons (Fsp3) is 0.375. The number of pyridine rings is 1. The molecule has 2 N–H and O–H groups in total. The Balaban J connectivity index is 1.51. The molecule has 1 aromatic carbocycles. The number of phenols is 1. The van der Waals surface area contributed by atoms with Gasteiger partial charge in [-0.2, -0.15) is 0 Å². The van der Waals surface area contributed by atoms with Gasteiger partial charge < -0.3 is 19.8 Å². The van der Waals surface area contributed by atoms with E-state index >= 15 is 0 Å². The van der Waals surface area contributed by atoms with E-state index in [1.165, 1.54) is 6.20 Å². The largest absolute Gasteiger partial charge is 0.507 e. The zero-order chi connectivity index (χ0) is 22.2. The third-order valence-corrected chi connectivity index (χ3v) is 6.67. The zero-order valence-corrected chi connectivity index (χ0v) is 18.3. The van der Waals surface area contributed by atoms with Gasteiger partial charge in [0.25, 0.3) is 0 Å². The molecule has 1 saturated heterocycles. The number of hydrogen-bond donors (Lipinski definition) is 2. The number of benzene rings is 1. The first kappa shape index (κ1) is 21.1. The second-order valence-electron chi connectivity index (χ2n) is 8.70. The maximum Gasteiger partial charge on any atom is 0.233 e. The zero-order valence-electron chi connectivity index (χ0n) is 18.3. The molecule has 31 heavy (non-hydrogen) atoms. The Morgan fingerprint density at radius 1 is 1.03 bits per heavy atom. The Labute approximate surface area is 182 Å². The molecule has 3 heterocycles. The fourth-order valence-corrected chi connectivity index (χ4v) is 4.03. The van der Waals surface area contributed by atoms with Crippen LogP contribution in [0.15, 0.2) is 48.7 Å². The van der Waals surface area contributed by atoms with E-state index in [0.717, 1.165) is 24.1 Å². The lowest BCUT2D eigenvalue weighted by Crippen LogP contribution is -2.56. The van der Waals surface area contributed by atoms with Gasteiger partial charge >= 0.3 is 0 Å². The van der Waals surface area contributed by atoms with Crippen LogP contribution in [0.25, 0.3) is 22.4 Å². The Morgan fingerprint density at radius 2 is 1.81 bits per heavy atom. The van der Waals surface area contributed by atoms with E-state index in [1.807, 2.05) is 6.07 Å². The third kappa shape index (κ3) is 4.18. The van der Waals surface area contributed by atoms with Gasteiger partial charge in [-0.25, -0.2) is 4.98 Å². The summed E-state index contributed by atoms with van der Waals surface area (Å²) in [4.78, 5) is 6.15. The number of phenolic OH excluding ortho intramolecular Hbond substituents is 1. The highest BCUT2D eigenvalue weighted by molar-refractivity contribution is 5.74. The van der Waals surface area contributed by atoms with Crippen LogP contribution < -0.4 is 4.74 Å². The number of nitrogens with zero attached hydrogens (tertiary/aromatic N) is 4. The van der Waals surface area contributed by atoms with Crippen molar-refractivity contribution in [3.8, 4) is 39.9 Å². The molecule has 2 aromatic heterocycles. The summed E-state index contributed by atoms with van der Waals surface area (Å²) in [7, 11) is 2.15. The molecule has 2 atom stereocenters. The first-order valence-electron chi connectivity index (χ1n) is 10.5. The van der Waals surface area contributed by atoms with Gasteiger partial charge in [0, 0.05) is 41.9 Å². The average molecular weight is 421 g/mol. The molecule has 3 aromatic rings. The first-order chi connectivity index (χ1) is 14.8. The summed E-state index contributed by atoms with van der Waals surface area (Å²) in [5.74, 6) is 0.855. The van der Waals surface area contributed by atoms with Crippen LogP contribution in [0.3, 0.4) is 0 Å². The van der Waals surface area contributed by atoms with Crippen molar-refractivity contribution in [1.29, 1.82) is 0 Å². The van der Waals surface area contributed by atoms with Gasteiger partial charge in [0.2, 0.25) is 11.8 Å². The molecule has 0 amide bonds. The van der Waals surface area contributed by atoms with Crippen molar-refractivity contribution in [2.45, 2.75) is 38.8 Å². The SMILES string of the molecule is CC1C(Oc2ccc(-c3ccc(-c4ccnc(O)c4)cc3O)nn2)CCN(C)C1(C)C. The van der Waals surface area contributed by atoms with Crippen molar-refractivity contribution >= 4 is 0 Å². The van der Waals surface area contributed by atoms with Crippen LogP contribution in [0.5, 0.6) is 17.5 Å². The van der Waals surface area contributed by atoms with Gasteiger partial charge in [-0.05, 0) is 62.7 Å². The van der Waals surface area contributed by atoms with Crippen LogP contribution in [0, 0.1) is 5.92 Å². The molecule has 1 aliphatic heterocycles. The van der Waals surface area contributed by atoms with E-state index < -0.39 is 0 Å². The summed E-state index contributed by atoms with van der Waals surface area (Å²) >= 11 is 0. The molecule has 1 fully saturated rings. The summed E-state index contributed by atoms with van der Waals surface area (Å²) in [6.45, 7) is 7.66. The standard InChI is InChI=1S/C24H28N4O3/c1-15-21(10-12-28(4)24(15,2)3)31-23-8-7-19(26-27-23)18-6-5-16(13-20(18)29)17-9-11-25-22(30)14-17/h5-9,11,13-15,21,29H,10,12H2,1-4H3,(H,25,30). The maximum atomic E-state index is 10.5. The van der Waals surface area contributed by atoms with E-state index in [1.54, 1.807) is 36.4 Å². The molecule has 0 radical (unpaired) electrons. The number of hydrogen-bond acceptors (Lipinski definition) is 7. The minimum Gasteiger partial charge on any atom is -0.507 e. The Hall–Kier alpha value is -3.19. The fourth-order valence-electron chi connectivity index (χ4n) is 4.03. The number of likely N-dealkylation sites (tertiary alicyclic amines) is 1. The normalized spacial score (nSPS) is 21.0. The summed E-state index contributed by atoms with van der Waals surface area (Å²) < 4.78 is 6.17. The highest BCUT2D eigenvalue weighted by atomic mass is 16.5. The highest BCUT2D eigenvalue weighted by Crippen LogP contribution is 2.35. The van der Waals surface area contributed by atoms with E-state index in [2.05, 4.69) is 47.9 Å². The van der Waals surface area contributed by atoms with E-state index in [9.17, 15) is 10.2 Å². The third-order valence-electron chi connectivity index (χ3n) is 6.67. The smallest absolute Gasteiger partial charge is 0.233 e. The van der Waals surface area contributed by atoms with Crippen LogP contribution in [0.2, 0.25) is 0 Å². The van der Waals surface area contributed by atoms with Crippen LogP contribution >= 0.6 is 0 Å². The molecule has 0 saturated carbocycles. The summed E-state index contributed by atoms with van der Waals surface area (Å²) in [6.07, 6.45) is 2.54. The molecule has 0 bridgehead atoms. The quantitative estimate of drug-likeness (QED) is 0.656. The molecular weight excluding hydrogens is 392 g/mol. The molecule has 1 aliphatic rings. The Bertz CT molecular complexity index is 1070. The van der Waals surface area contributed by atoms with Gasteiger partial charge in [0.05, 0.1) is 5.69 Å². The van der Waals surface area contributed by atoms with Crippen LogP contribution in [-0.4, -0.2) is 55.5 Å². The maximum absolute atomic E-state index is 10.5. The topological polar surface area (TPSA) is 91.6 Å². The molecule has 7 nitrogen and oxygen atoms in total. The lowest BCUT2D eigenvalue weighted by atomic mass is 9.79. The molecule has 7 heteroatoms. The minimum absolute atomic E-state index is 0.0510. The van der Waals surface area contributed by atoms with Crippen LogP contribution in [-0.2, 0) is 0 Å². The molecule has 0 aliphatic carbocycles. The van der Waals surface area contributed by atoms with Gasteiger partial charge in [-0.1, -0.05) is 13.0 Å². The summed E-state index contributed by atoms with van der Waals surface area (Å²) in [5, 5.41) is 28.6. The van der Waals surface area contributed by atoms with Crippen molar-refractivity contribution in [3.63, 3.8) is 0 Å². The van der Waals surface area contributed by atoms with E-state index in [0.29, 0.717) is 23.1 Å². The molecule has 4 rings (SSSR count). The van der Waals surface area contributed by atoms with Crippen LogP contribution in [0.4, 0.5) is 0 Å². The van der Waals surface area contributed by atoms with Crippen molar-refractivity contribution in [2.75, 3.05) is 13.6 Å². The number of rotatable bonds is 4. The molecular formula is C24H28N4O3. The number of ether oxygens (including phenoxy) is 1. The van der Waals surface area contributed by atoms with Gasteiger partial charge in [-0.3, -0.25) is 0 Å². The van der Waals surface area contributed by atoms with Crippen molar-refractivity contribution in [1.82, 2.24) is 20.1 Å². The Kier molecular flexibility index (Phi) is 5.54. The second-order valence-corrected chi connectivity index (χ2v) is 8.70. The van der Waals surface area contributed by atoms with Crippen molar-refractivity contribution in [2.24, 2.45) is 5.92 Å². The van der Waals surface area contributed by atoms with Gasteiger partial charge in [0.1, 0.15) is 11.9 Å². The van der Waals surface area contributed by atoms with Crippen LogP contribution in [0.1, 0.15) is 27.2 Å². The molecule has 2 unspecified atom stereocenters. The van der Waals surface area contributed by atoms with Gasteiger partial charge in [-0.15, -0.1) is 10.2 Å². The Morgan fingerprint density at radius 3 is 2.48 bits per heavy atom. The van der Waals surface area contributed by atoms with Gasteiger partial charge in [0.15, 0.2) is 0 Å². The monoisotopic (exact) mass is 420 g/mol. The highest BCUT2D eigenvalue weighted by Gasteiger charge is 2.40. The molecule has 162 valence electrons. The summed E-state index contributed by atoms with van der Waals surface area (Å²) in [5.41, 5.74) is 2.72. The van der Waals surface area contributed by atoms with Crippen molar-refractivity contribution < 1.29 is 14.9 Å². The van der Waals surface area contributed by atoms with Crippen molar-refractivity contribution in [3.05, 3.63) is 48.7 Å². The average Bonchev–Trinajstić information content (AvgIpc) is 2.75. The van der Waals surface area contributed by atoms with E-state index in [4.69, 9.17) is 4.74 Å². The predicted octanol–water partition coefficient (Wildman–Crippen LogP) is 4.11. The lowest BCUT2D eigenvalue weighted by molar-refractivity contribution is -0.0301.